The Morgan fingerprint density at radius 1 is 0.889 bits per heavy atom. The lowest BCUT2D eigenvalue weighted by molar-refractivity contribution is -0.441. The van der Waals surface area contributed by atoms with Crippen molar-refractivity contribution >= 4 is 49.4 Å². The summed E-state index contributed by atoms with van der Waals surface area (Å²) in [4.78, 5) is 13.0. The molecule has 0 radical (unpaired) electrons. The summed E-state index contributed by atoms with van der Waals surface area (Å²) in [5.74, 6) is -9.19. The van der Waals surface area contributed by atoms with Crippen LogP contribution in [0, 0.1) is 30.2 Å². The zero-order valence-electron chi connectivity index (χ0n) is 30.0. The number of carboxylic acid groups (broad SMARTS) is 1. The second kappa shape index (κ2) is 18.0. The third-order valence-corrected chi connectivity index (χ3v) is 11.1. The smallest absolute Gasteiger partial charge is 0.303 e. The molecule has 4 rings (SSSR count). The summed E-state index contributed by atoms with van der Waals surface area (Å²) in [5, 5.41) is 9.02. The van der Waals surface area contributed by atoms with Crippen molar-refractivity contribution in [3.63, 3.8) is 0 Å². The molecule has 2 aliphatic heterocycles. The maximum Gasteiger partial charge on any atom is 0.303 e. The van der Waals surface area contributed by atoms with E-state index in [4.69, 9.17) is 5.11 Å². The van der Waals surface area contributed by atoms with Crippen LogP contribution in [-0.4, -0.2) is 71.9 Å². The Balaban J connectivity index is 1.70. The summed E-state index contributed by atoms with van der Waals surface area (Å²) < 4.78 is 127. The molecule has 0 aliphatic carbocycles. The molecule has 1 unspecified atom stereocenters. The van der Waals surface area contributed by atoms with Gasteiger partial charge in [-0.25, -0.2) is 21.6 Å². The number of rotatable bonds is 19. The van der Waals surface area contributed by atoms with E-state index in [0.717, 1.165) is 22.5 Å². The van der Waals surface area contributed by atoms with Crippen LogP contribution in [0.25, 0.3) is 6.08 Å². The molecule has 10 nitrogen and oxygen atoms in total. The second-order valence-corrected chi connectivity index (χ2v) is 16.7. The van der Waals surface area contributed by atoms with Gasteiger partial charge in [-0.3, -0.25) is 9.35 Å². The number of aryl methyl sites for hydroxylation is 1. The number of fused-ring (bicyclic) bond motifs is 2. The molecule has 0 fully saturated rings. The van der Waals surface area contributed by atoms with Crippen molar-refractivity contribution in [2.45, 2.75) is 77.0 Å². The SMILES string of the molecule is Cc1ccc2c(c1)C=C\C(=C/C=C/C=C/C1=[N+](CCCCCC(=O)O)c3c(F)c(F)c(F)c(F)c3C1(C)CCCCS(=O)(=O)O)N2CCCCS(=O)(=O)[O-]. The summed E-state index contributed by atoms with van der Waals surface area (Å²) in [7, 11) is -8.67. The molecule has 54 heavy (non-hydrogen) atoms. The van der Waals surface area contributed by atoms with Gasteiger partial charge >= 0.3 is 5.97 Å². The molecular formula is C38H44F4N2O8S2. The van der Waals surface area contributed by atoms with Crippen LogP contribution in [0.3, 0.4) is 0 Å². The van der Waals surface area contributed by atoms with Gasteiger partial charge in [-0.05, 0) is 82.2 Å². The topological polar surface area (TPSA) is 155 Å². The minimum Gasteiger partial charge on any atom is -0.748 e. The number of aliphatic carboxylic acids is 1. The van der Waals surface area contributed by atoms with Crippen LogP contribution in [0.4, 0.5) is 28.9 Å². The van der Waals surface area contributed by atoms with Gasteiger partial charge in [0.25, 0.3) is 15.8 Å². The van der Waals surface area contributed by atoms with Gasteiger partial charge in [0.15, 0.2) is 17.3 Å². The quantitative estimate of drug-likeness (QED) is 0.0280. The van der Waals surface area contributed by atoms with E-state index in [9.17, 15) is 39.5 Å². The largest absolute Gasteiger partial charge is 0.748 e. The van der Waals surface area contributed by atoms with Crippen molar-refractivity contribution in [1.82, 2.24) is 0 Å². The first-order chi connectivity index (χ1) is 25.3. The number of benzene rings is 2. The Morgan fingerprint density at radius 2 is 1.59 bits per heavy atom. The molecule has 0 saturated heterocycles. The Labute approximate surface area is 313 Å². The molecule has 0 amide bonds. The summed E-state index contributed by atoms with van der Waals surface area (Å²) in [6, 6.07) is 5.90. The van der Waals surface area contributed by atoms with Gasteiger partial charge < -0.3 is 14.6 Å². The van der Waals surface area contributed by atoms with Gasteiger partial charge in [0, 0.05) is 42.6 Å². The number of hydrogen-bond donors (Lipinski definition) is 2. The monoisotopic (exact) mass is 796 g/mol. The number of nitrogens with zero attached hydrogens (tertiary/aromatic N) is 2. The van der Waals surface area contributed by atoms with E-state index in [1.807, 2.05) is 42.2 Å². The molecule has 0 bridgehead atoms. The van der Waals surface area contributed by atoms with Crippen molar-refractivity contribution in [1.29, 1.82) is 0 Å². The van der Waals surface area contributed by atoms with E-state index in [2.05, 4.69) is 0 Å². The lowest BCUT2D eigenvalue weighted by Gasteiger charge is -2.31. The zero-order valence-corrected chi connectivity index (χ0v) is 31.7. The molecule has 1 atom stereocenters. The standard InChI is InChI=1S/C38H44F4N2O8S2/c1-26-16-19-29-27(25-26)17-18-28(43(29)21-10-12-24-54(50,51)52)13-5-3-6-14-30-38(2,20-8-11-23-53(47,48)49)32-33(39)34(40)35(41)36(42)37(32)44(30)22-9-4-7-15-31(45)46/h3,5-6,13-14,16-19,25H,4,7-12,15,20-24H2,1-2H3,(H2-,45,46,47,48,49,50,51,52). The highest BCUT2D eigenvalue weighted by atomic mass is 32.2. The molecule has 2 aliphatic rings. The van der Waals surface area contributed by atoms with Crippen molar-refractivity contribution in [2.24, 2.45) is 0 Å². The number of unbranched alkanes of at least 4 members (excludes halogenated alkanes) is 4. The fourth-order valence-electron chi connectivity index (χ4n) is 6.93. The number of halogens is 4. The summed E-state index contributed by atoms with van der Waals surface area (Å²) in [5.41, 5.74) is 1.52. The first-order valence-electron chi connectivity index (χ1n) is 17.6. The van der Waals surface area contributed by atoms with Crippen molar-refractivity contribution < 1.29 is 58.0 Å². The minimum atomic E-state index is -4.35. The maximum atomic E-state index is 15.7. The summed E-state index contributed by atoms with van der Waals surface area (Å²) >= 11 is 0. The average Bonchev–Trinajstić information content (AvgIpc) is 3.32. The molecule has 2 N–H and O–H groups in total. The molecule has 2 aromatic rings. The summed E-state index contributed by atoms with van der Waals surface area (Å²) in [6.45, 7) is 3.91. The molecule has 16 heteroatoms. The number of carbonyl (C=O) groups is 1. The van der Waals surface area contributed by atoms with Crippen molar-refractivity contribution in [2.75, 3.05) is 29.5 Å². The zero-order chi connectivity index (χ0) is 39.8. The van der Waals surface area contributed by atoms with Crippen LogP contribution in [-0.2, 0) is 30.4 Å². The normalized spacial score (nSPS) is 18.1. The van der Waals surface area contributed by atoms with Gasteiger partial charge in [-0.15, -0.1) is 0 Å². The highest BCUT2D eigenvalue weighted by molar-refractivity contribution is 7.85. The lowest BCUT2D eigenvalue weighted by Crippen LogP contribution is -2.32. The number of allylic oxidation sites excluding steroid dienone is 6. The fraction of sp³-hybridized carbons (Fsp3) is 0.421. The lowest BCUT2D eigenvalue weighted by atomic mass is 9.75. The molecule has 0 spiro atoms. The van der Waals surface area contributed by atoms with Crippen LogP contribution in [0.5, 0.6) is 0 Å². The number of hydrogen-bond acceptors (Lipinski definition) is 7. The van der Waals surface area contributed by atoms with Gasteiger partial charge in [-0.1, -0.05) is 42.4 Å². The molecule has 294 valence electrons. The van der Waals surface area contributed by atoms with Gasteiger partial charge in [0.1, 0.15) is 6.54 Å². The third-order valence-electron chi connectivity index (χ3n) is 9.51. The van der Waals surface area contributed by atoms with Crippen LogP contribution in [0.15, 0.2) is 60.4 Å². The fourth-order valence-corrected chi connectivity index (χ4v) is 8.06. The van der Waals surface area contributed by atoms with Crippen LogP contribution < -0.4 is 4.90 Å². The van der Waals surface area contributed by atoms with Crippen LogP contribution in [0.2, 0.25) is 0 Å². The Morgan fingerprint density at radius 3 is 2.28 bits per heavy atom. The maximum absolute atomic E-state index is 15.7. The predicted molar refractivity (Wildman–Crippen MR) is 198 cm³/mol. The number of carboxylic acids is 1. The molecule has 0 saturated carbocycles. The highest BCUT2D eigenvalue weighted by Crippen LogP contribution is 2.48. The van der Waals surface area contributed by atoms with E-state index >= 15 is 8.78 Å². The molecule has 0 aromatic heterocycles. The van der Waals surface area contributed by atoms with Crippen LogP contribution >= 0.6 is 0 Å². The van der Waals surface area contributed by atoms with E-state index in [0.29, 0.717) is 32.2 Å². The minimum absolute atomic E-state index is 0.00832. The first-order valence-corrected chi connectivity index (χ1v) is 20.8. The van der Waals surface area contributed by atoms with E-state index < -0.39 is 77.6 Å². The average molecular weight is 797 g/mol. The van der Waals surface area contributed by atoms with E-state index in [1.165, 1.54) is 11.5 Å². The Hall–Kier alpha value is -4.12. The Bertz CT molecular complexity index is 2130. The van der Waals surface area contributed by atoms with Gasteiger partial charge in [0.05, 0.1) is 26.8 Å². The first kappa shape index (κ1) is 42.6. The Kier molecular flexibility index (Phi) is 14.2. The highest BCUT2D eigenvalue weighted by Gasteiger charge is 2.53. The summed E-state index contributed by atoms with van der Waals surface area (Å²) in [6.07, 6.45) is 13.6. The van der Waals surface area contributed by atoms with E-state index in [-0.39, 0.29) is 44.4 Å². The third kappa shape index (κ3) is 10.8. The molecule has 2 heterocycles. The van der Waals surface area contributed by atoms with Crippen molar-refractivity contribution in [3.8, 4) is 0 Å². The molecular weight excluding hydrogens is 753 g/mol. The van der Waals surface area contributed by atoms with Gasteiger partial charge in [-0.2, -0.15) is 17.4 Å². The number of anilines is 1. The molecule has 2 aromatic carbocycles. The van der Waals surface area contributed by atoms with E-state index in [1.54, 1.807) is 30.4 Å². The predicted octanol–water partition coefficient (Wildman–Crippen LogP) is 7.47. The van der Waals surface area contributed by atoms with Crippen molar-refractivity contribution in [3.05, 3.63) is 100 Å². The second-order valence-electron chi connectivity index (χ2n) is 13.6. The van der Waals surface area contributed by atoms with Gasteiger partial charge in [0.2, 0.25) is 11.6 Å². The van der Waals surface area contributed by atoms with Crippen LogP contribution in [0.1, 0.15) is 81.4 Å².